The number of benzene rings is 3. The van der Waals surface area contributed by atoms with Crippen molar-refractivity contribution in [3.63, 3.8) is 0 Å². The molecular weight excluding hydrogens is 416 g/mol. The molecule has 0 aliphatic carbocycles. The molecule has 1 heterocycles. The number of nitrogens with two attached hydrogens (primary N) is 1. The van der Waals surface area contributed by atoms with Crippen molar-refractivity contribution in [1.29, 1.82) is 0 Å². The van der Waals surface area contributed by atoms with Crippen molar-refractivity contribution in [2.75, 3.05) is 13.1 Å². The summed E-state index contributed by atoms with van der Waals surface area (Å²) in [5, 5.41) is 11.6. The van der Waals surface area contributed by atoms with Gasteiger partial charge in [0, 0.05) is 19.6 Å². The third-order valence-electron chi connectivity index (χ3n) is 7.08. The van der Waals surface area contributed by atoms with E-state index in [-0.39, 0.29) is 6.04 Å². The molecule has 1 saturated heterocycles. The van der Waals surface area contributed by atoms with Gasteiger partial charge in [0.05, 0.1) is 11.6 Å². The number of aliphatic hydroxyl groups is 1. The number of aryl methyl sites for hydroxylation is 2. The highest BCUT2D eigenvalue weighted by Gasteiger charge is 2.38. The molecule has 3 N–H and O–H groups in total. The molecule has 1 atom stereocenters. The molecule has 1 unspecified atom stereocenters. The fourth-order valence-corrected chi connectivity index (χ4v) is 5.33. The van der Waals surface area contributed by atoms with Crippen molar-refractivity contribution in [2.45, 2.75) is 71.6 Å². The predicted octanol–water partition coefficient (Wildman–Crippen LogP) is 6.51. The van der Waals surface area contributed by atoms with Crippen molar-refractivity contribution >= 4 is 0 Å². The topological polar surface area (TPSA) is 49.5 Å². The smallest absolute Gasteiger partial charge is 0.0924 e. The number of rotatable bonds is 7. The summed E-state index contributed by atoms with van der Waals surface area (Å²) in [6.07, 6.45) is 3.64. The Bertz CT molecular complexity index is 1040. The van der Waals surface area contributed by atoms with E-state index in [0.717, 1.165) is 37.1 Å². The van der Waals surface area contributed by atoms with Gasteiger partial charge in [0.25, 0.3) is 0 Å². The van der Waals surface area contributed by atoms with Crippen molar-refractivity contribution in [3.8, 4) is 0 Å². The molecule has 0 aromatic heterocycles. The van der Waals surface area contributed by atoms with Crippen LogP contribution in [0.4, 0.5) is 0 Å². The van der Waals surface area contributed by atoms with E-state index in [1.165, 1.54) is 22.3 Å². The van der Waals surface area contributed by atoms with Crippen LogP contribution in [0.15, 0.2) is 72.8 Å². The molecular formula is C31H42N2O. The zero-order chi connectivity index (χ0) is 24.6. The predicted molar refractivity (Wildman–Crippen MR) is 144 cm³/mol. The SMILES string of the molecule is CC.CCCc1ccccc1C(c1ccccc1C)N1CCC(O)(c2ccccc2CN)CC1. The number of hydrogen-bond donors (Lipinski definition) is 2. The van der Waals surface area contributed by atoms with Crippen molar-refractivity contribution < 1.29 is 5.11 Å². The van der Waals surface area contributed by atoms with E-state index < -0.39 is 5.60 Å². The summed E-state index contributed by atoms with van der Waals surface area (Å²) in [6, 6.07) is 25.9. The molecule has 0 radical (unpaired) electrons. The van der Waals surface area contributed by atoms with E-state index in [1.54, 1.807) is 0 Å². The lowest BCUT2D eigenvalue weighted by molar-refractivity contribution is -0.0331. The number of likely N-dealkylation sites (tertiary alicyclic amines) is 1. The highest BCUT2D eigenvalue weighted by atomic mass is 16.3. The van der Waals surface area contributed by atoms with Gasteiger partial charge < -0.3 is 10.8 Å². The Morgan fingerprint density at radius 2 is 1.41 bits per heavy atom. The van der Waals surface area contributed by atoms with E-state index in [9.17, 15) is 5.11 Å². The lowest BCUT2D eigenvalue weighted by Crippen LogP contribution is -2.45. The first-order chi connectivity index (χ1) is 16.6. The standard InChI is InChI=1S/C29H36N2O.C2H6/c1-3-10-23-12-5-8-15-26(23)28(25-14-7-4-11-22(25)2)31-19-17-29(32,18-20-31)27-16-9-6-13-24(27)21-30;1-2/h4-9,11-16,28,32H,3,10,17-21,30H2,1-2H3;1-2H3. The van der Waals surface area contributed by atoms with Gasteiger partial charge in [-0.1, -0.05) is 100.0 Å². The Morgan fingerprint density at radius 3 is 2.03 bits per heavy atom. The van der Waals surface area contributed by atoms with Gasteiger partial charge in [-0.25, -0.2) is 0 Å². The lowest BCUT2D eigenvalue weighted by Gasteiger charge is -2.43. The van der Waals surface area contributed by atoms with Gasteiger partial charge in [0.2, 0.25) is 0 Å². The molecule has 0 saturated carbocycles. The molecule has 1 aliphatic heterocycles. The second-order valence-corrected chi connectivity index (χ2v) is 9.14. The fourth-order valence-electron chi connectivity index (χ4n) is 5.33. The molecule has 182 valence electrons. The van der Waals surface area contributed by atoms with Crippen LogP contribution in [0, 0.1) is 6.92 Å². The average molecular weight is 459 g/mol. The molecule has 1 aliphatic rings. The Kier molecular flexibility index (Phi) is 9.46. The van der Waals surface area contributed by atoms with Gasteiger partial charge in [-0.05, 0) is 59.6 Å². The van der Waals surface area contributed by atoms with Crippen LogP contribution >= 0.6 is 0 Å². The molecule has 1 fully saturated rings. The Balaban J connectivity index is 0.00000158. The zero-order valence-corrected chi connectivity index (χ0v) is 21.4. The molecule has 0 spiro atoms. The molecule has 0 bridgehead atoms. The maximum absolute atomic E-state index is 11.6. The third-order valence-corrected chi connectivity index (χ3v) is 7.08. The third kappa shape index (κ3) is 5.60. The van der Waals surface area contributed by atoms with Crippen LogP contribution in [0.1, 0.15) is 79.5 Å². The minimum absolute atomic E-state index is 0.202. The molecule has 3 aromatic rings. The Morgan fingerprint density at radius 1 is 0.853 bits per heavy atom. The summed E-state index contributed by atoms with van der Waals surface area (Å²) in [7, 11) is 0. The van der Waals surface area contributed by atoms with Crippen LogP contribution in [0.2, 0.25) is 0 Å². The number of hydrogen-bond acceptors (Lipinski definition) is 3. The van der Waals surface area contributed by atoms with Crippen LogP contribution in [-0.2, 0) is 18.6 Å². The van der Waals surface area contributed by atoms with Crippen LogP contribution in [0.5, 0.6) is 0 Å². The first-order valence-corrected chi connectivity index (χ1v) is 13.0. The maximum atomic E-state index is 11.6. The summed E-state index contributed by atoms with van der Waals surface area (Å²) in [6.45, 7) is 10.6. The van der Waals surface area contributed by atoms with Crippen LogP contribution < -0.4 is 5.73 Å². The molecule has 3 nitrogen and oxygen atoms in total. The number of piperidine rings is 1. The van der Waals surface area contributed by atoms with Gasteiger partial charge in [-0.15, -0.1) is 0 Å². The molecule has 4 rings (SSSR count). The minimum atomic E-state index is -0.814. The lowest BCUT2D eigenvalue weighted by atomic mass is 9.80. The van der Waals surface area contributed by atoms with Crippen LogP contribution in [0.3, 0.4) is 0 Å². The first kappa shape index (κ1) is 26.2. The summed E-state index contributed by atoms with van der Waals surface area (Å²) in [5.41, 5.74) is 12.7. The second kappa shape index (κ2) is 12.3. The van der Waals surface area contributed by atoms with Crippen molar-refractivity contribution in [3.05, 3.63) is 106 Å². The normalized spacial score (nSPS) is 16.4. The van der Waals surface area contributed by atoms with Crippen molar-refractivity contribution in [2.24, 2.45) is 5.73 Å². The monoisotopic (exact) mass is 458 g/mol. The quantitative estimate of drug-likeness (QED) is 0.424. The second-order valence-electron chi connectivity index (χ2n) is 9.14. The van der Waals surface area contributed by atoms with E-state index in [1.807, 2.05) is 38.1 Å². The summed E-state index contributed by atoms with van der Waals surface area (Å²) in [5.74, 6) is 0. The average Bonchev–Trinajstić information content (AvgIpc) is 2.89. The van der Waals surface area contributed by atoms with Gasteiger partial charge >= 0.3 is 0 Å². The summed E-state index contributed by atoms with van der Waals surface area (Å²) in [4.78, 5) is 2.57. The van der Waals surface area contributed by atoms with Gasteiger partial charge in [0.1, 0.15) is 0 Å². The first-order valence-electron chi connectivity index (χ1n) is 13.0. The van der Waals surface area contributed by atoms with Gasteiger partial charge in [-0.3, -0.25) is 4.90 Å². The maximum Gasteiger partial charge on any atom is 0.0924 e. The fraction of sp³-hybridized carbons (Fsp3) is 0.419. The van der Waals surface area contributed by atoms with Crippen LogP contribution in [0.25, 0.3) is 0 Å². The largest absolute Gasteiger partial charge is 0.385 e. The minimum Gasteiger partial charge on any atom is -0.385 e. The van der Waals surface area contributed by atoms with E-state index in [2.05, 4.69) is 67.3 Å². The molecule has 3 aromatic carbocycles. The molecule has 0 amide bonds. The molecule has 34 heavy (non-hydrogen) atoms. The summed E-state index contributed by atoms with van der Waals surface area (Å²) < 4.78 is 0. The Labute approximate surface area is 206 Å². The van der Waals surface area contributed by atoms with E-state index in [4.69, 9.17) is 5.73 Å². The highest BCUT2D eigenvalue weighted by Crippen LogP contribution is 2.40. The zero-order valence-electron chi connectivity index (χ0n) is 21.4. The highest BCUT2D eigenvalue weighted by molar-refractivity contribution is 5.41. The Hall–Kier alpha value is -2.46. The summed E-state index contributed by atoms with van der Waals surface area (Å²) >= 11 is 0. The van der Waals surface area contributed by atoms with Crippen LogP contribution in [-0.4, -0.2) is 23.1 Å². The van der Waals surface area contributed by atoms with Gasteiger partial charge in [0.15, 0.2) is 0 Å². The number of nitrogens with zero attached hydrogens (tertiary/aromatic N) is 1. The van der Waals surface area contributed by atoms with E-state index in [0.29, 0.717) is 19.4 Å². The van der Waals surface area contributed by atoms with Gasteiger partial charge in [-0.2, -0.15) is 0 Å². The molecule has 3 heteroatoms. The van der Waals surface area contributed by atoms with Crippen molar-refractivity contribution in [1.82, 2.24) is 4.90 Å². The van der Waals surface area contributed by atoms with E-state index >= 15 is 0 Å².